The minimum absolute atomic E-state index is 0.671. The molecule has 0 fully saturated rings. The highest BCUT2D eigenvalue weighted by molar-refractivity contribution is 4.70. The average molecular weight is 468 g/mol. The number of aliphatic hydroxyl groups is 1. The molecule has 0 unspecified atom stereocenters. The predicted octanol–water partition coefficient (Wildman–Crippen LogP) is 10.4. The monoisotopic (exact) mass is 468 g/mol. The summed E-state index contributed by atoms with van der Waals surface area (Å²) in [6.07, 6.45) is 33.4. The van der Waals surface area contributed by atoms with Crippen molar-refractivity contribution in [2.75, 3.05) is 13.1 Å². The van der Waals surface area contributed by atoms with Crippen molar-refractivity contribution in [2.24, 2.45) is 0 Å². The van der Waals surface area contributed by atoms with Gasteiger partial charge < -0.3 is 5.11 Å². The summed E-state index contributed by atoms with van der Waals surface area (Å²) in [6, 6.07) is 0. The van der Waals surface area contributed by atoms with Crippen molar-refractivity contribution in [1.82, 2.24) is 4.90 Å². The lowest BCUT2D eigenvalue weighted by Crippen LogP contribution is -2.44. The SMILES string of the molecule is CCCCCCCCCCCCCCN(CCCCCCCCCCCCCC)C(C)(C)O. The zero-order valence-electron chi connectivity index (χ0n) is 23.8. The van der Waals surface area contributed by atoms with Crippen LogP contribution < -0.4 is 0 Å². The standard InChI is InChI=1S/C31H65NO/c1-5-7-9-11-13-15-17-19-21-23-25-27-29-32(31(3,4)33)30-28-26-24-22-20-18-16-14-12-10-8-6-2/h33H,5-30H2,1-4H3. The van der Waals surface area contributed by atoms with Gasteiger partial charge in [0, 0.05) is 13.1 Å². The average Bonchev–Trinajstić information content (AvgIpc) is 2.78. The van der Waals surface area contributed by atoms with E-state index >= 15 is 0 Å². The second kappa shape index (κ2) is 25.0. The molecule has 0 aromatic carbocycles. The Labute approximate surface area is 210 Å². The molecule has 0 aliphatic heterocycles. The highest BCUT2D eigenvalue weighted by atomic mass is 16.3. The van der Waals surface area contributed by atoms with E-state index in [0.717, 1.165) is 13.1 Å². The van der Waals surface area contributed by atoms with Crippen LogP contribution in [-0.2, 0) is 0 Å². The lowest BCUT2D eigenvalue weighted by molar-refractivity contribution is -0.0795. The first kappa shape index (κ1) is 32.9. The second-order valence-corrected chi connectivity index (χ2v) is 11.3. The Kier molecular flexibility index (Phi) is 25.0. The normalized spacial score (nSPS) is 12.2. The van der Waals surface area contributed by atoms with E-state index in [1.807, 2.05) is 13.8 Å². The molecule has 0 heterocycles. The third-order valence-corrected chi connectivity index (χ3v) is 7.34. The first-order valence-corrected chi connectivity index (χ1v) is 15.5. The van der Waals surface area contributed by atoms with Gasteiger partial charge in [0.25, 0.3) is 0 Å². The van der Waals surface area contributed by atoms with E-state index in [2.05, 4.69) is 18.7 Å². The fourth-order valence-electron chi connectivity index (χ4n) is 4.95. The minimum atomic E-state index is -0.671. The number of rotatable bonds is 27. The third-order valence-electron chi connectivity index (χ3n) is 7.34. The van der Waals surface area contributed by atoms with Gasteiger partial charge in [-0.3, -0.25) is 4.90 Å². The van der Waals surface area contributed by atoms with Crippen molar-refractivity contribution in [2.45, 2.75) is 188 Å². The van der Waals surface area contributed by atoms with Crippen LogP contribution in [0.5, 0.6) is 0 Å². The Hall–Kier alpha value is -0.0800. The molecule has 0 saturated carbocycles. The molecule has 0 aromatic rings. The molecule has 0 spiro atoms. The molecule has 0 aromatic heterocycles. The van der Waals surface area contributed by atoms with Crippen molar-refractivity contribution < 1.29 is 5.11 Å². The van der Waals surface area contributed by atoms with E-state index in [0.29, 0.717) is 0 Å². The summed E-state index contributed by atoms with van der Waals surface area (Å²) in [7, 11) is 0. The Bertz CT molecular complexity index is 334. The summed E-state index contributed by atoms with van der Waals surface area (Å²) in [5, 5.41) is 10.6. The van der Waals surface area contributed by atoms with Crippen molar-refractivity contribution >= 4 is 0 Å². The Balaban J connectivity index is 3.56. The van der Waals surface area contributed by atoms with Crippen molar-refractivity contribution in [3.8, 4) is 0 Å². The quantitative estimate of drug-likeness (QED) is 0.0958. The molecule has 2 nitrogen and oxygen atoms in total. The van der Waals surface area contributed by atoms with Gasteiger partial charge in [-0.1, -0.05) is 155 Å². The fraction of sp³-hybridized carbons (Fsp3) is 1.00. The maximum absolute atomic E-state index is 10.6. The molecule has 2 heteroatoms. The molecule has 33 heavy (non-hydrogen) atoms. The lowest BCUT2D eigenvalue weighted by atomic mass is 10.0. The summed E-state index contributed by atoms with van der Waals surface area (Å²) in [5.74, 6) is 0. The van der Waals surface area contributed by atoms with Crippen LogP contribution in [0.3, 0.4) is 0 Å². The van der Waals surface area contributed by atoms with Crippen molar-refractivity contribution in [1.29, 1.82) is 0 Å². The summed E-state index contributed by atoms with van der Waals surface area (Å²) in [4.78, 5) is 2.32. The van der Waals surface area contributed by atoms with Crippen molar-refractivity contribution in [3.63, 3.8) is 0 Å². The summed E-state index contributed by atoms with van der Waals surface area (Å²) in [5.41, 5.74) is -0.671. The van der Waals surface area contributed by atoms with Gasteiger partial charge in [0.05, 0.1) is 0 Å². The molecule has 0 atom stereocenters. The second-order valence-electron chi connectivity index (χ2n) is 11.3. The van der Waals surface area contributed by atoms with E-state index in [4.69, 9.17) is 0 Å². The first-order chi connectivity index (χ1) is 16.0. The highest BCUT2D eigenvalue weighted by Gasteiger charge is 2.22. The molecule has 0 bridgehead atoms. The molecule has 1 N–H and O–H groups in total. The molecule has 0 aliphatic rings. The summed E-state index contributed by atoms with van der Waals surface area (Å²) < 4.78 is 0. The Morgan fingerprint density at radius 1 is 0.394 bits per heavy atom. The van der Waals surface area contributed by atoms with E-state index in [-0.39, 0.29) is 0 Å². The molecular formula is C31H65NO. The van der Waals surface area contributed by atoms with Crippen LogP contribution >= 0.6 is 0 Å². The van der Waals surface area contributed by atoms with Crippen LogP contribution in [0, 0.1) is 0 Å². The van der Waals surface area contributed by atoms with E-state index in [9.17, 15) is 5.11 Å². The zero-order valence-corrected chi connectivity index (χ0v) is 23.8. The molecule has 0 aliphatic carbocycles. The van der Waals surface area contributed by atoms with Crippen LogP contribution in [0.2, 0.25) is 0 Å². The summed E-state index contributed by atoms with van der Waals surface area (Å²) in [6.45, 7) is 10.6. The van der Waals surface area contributed by atoms with Crippen LogP contribution in [0.15, 0.2) is 0 Å². The molecular weight excluding hydrogens is 402 g/mol. The van der Waals surface area contributed by atoms with E-state index < -0.39 is 5.72 Å². The molecule has 0 saturated heterocycles. The highest BCUT2D eigenvalue weighted by Crippen LogP contribution is 2.17. The molecule has 0 rings (SSSR count). The van der Waals surface area contributed by atoms with E-state index in [1.54, 1.807) is 0 Å². The van der Waals surface area contributed by atoms with Gasteiger partial charge in [0.2, 0.25) is 0 Å². The molecule has 0 radical (unpaired) electrons. The number of unbranched alkanes of at least 4 members (excludes halogenated alkanes) is 22. The third kappa shape index (κ3) is 24.8. The number of nitrogens with zero attached hydrogens (tertiary/aromatic N) is 1. The van der Waals surface area contributed by atoms with Gasteiger partial charge >= 0.3 is 0 Å². The maximum atomic E-state index is 10.6. The predicted molar refractivity (Wildman–Crippen MR) is 150 cm³/mol. The fourth-order valence-corrected chi connectivity index (χ4v) is 4.95. The number of hydrogen-bond donors (Lipinski definition) is 1. The van der Waals surface area contributed by atoms with Crippen LogP contribution in [0.25, 0.3) is 0 Å². The van der Waals surface area contributed by atoms with Crippen LogP contribution in [0.4, 0.5) is 0 Å². The van der Waals surface area contributed by atoms with Gasteiger partial charge in [0.15, 0.2) is 0 Å². The molecule has 200 valence electrons. The van der Waals surface area contributed by atoms with Gasteiger partial charge in [-0.25, -0.2) is 0 Å². The van der Waals surface area contributed by atoms with Gasteiger partial charge in [0.1, 0.15) is 5.72 Å². The van der Waals surface area contributed by atoms with Gasteiger partial charge in [-0.15, -0.1) is 0 Å². The molecule has 0 amide bonds. The Morgan fingerprint density at radius 2 is 0.606 bits per heavy atom. The largest absolute Gasteiger partial charge is 0.376 e. The van der Waals surface area contributed by atoms with Gasteiger partial charge in [-0.2, -0.15) is 0 Å². The van der Waals surface area contributed by atoms with Crippen LogP contribution in [-0.4, -0.2) is 28.8 Å². The first-order valence-electron chi connectivity index (χ1n) is 15.5. The summed E-state index contributed by atoms with van der Waals surface area (Å²) >= 11 is 0. The Morgan fingerprint density at radius 3 is 0.818 bits per heavy atom. The lowest BCUT2D eigenvalue weighted by Gasteiger charge is -2.34. The van der Waals surface area contributed by atoms with E-state index in [1.165, 1.54) is 154 Å². The number of hydrogen-bond acceptors (Lipinski definition) is 2. The minimum Gasteiger partial charge on any atom is -0.376 e. The zero-order chi connectivity index (χ0) is 24.5. The van der Waals surface area contributed by atoms with Gasteiger partial charge in [-0.05, 0) is 26.7 Å². The van der Waals surface area contributed by atoms with Crippen LogP contribution in [0.1, 0.15) is 182 Å². The topological polar surface area (TPSA) is 23.5 Å². The maximum Gasteiger partial charge on any atom is 0.112 e. The van der Waals surface area contributed by atoms with Crippen molar-refractivity contribution in [3.05, 3.63) is 0 Å². The smallest absolute Gasteiger partial charge is 0.112 e.